The molecular weight excluding hydrogens is 442 g/mol. The van der Waals surface area contributed by atoms with E-state index in [4.69, 9.17) is 15.6 Å². The number of primary amides is 1. The lowest BCUT2D eigenvalue weighted by atomic mass is 9.78. The second-order valence-corrected chi connectivity index (χ2v) is 8.98. The molecule has 0 spiro atoms. The maximum atomic E-state index is 12.5. The Balaban J connectivity index is 1.41. The van der Waals surface area contributed by atoms with Crippen LogP contribution in [0.25, 0.3) is 5.69 Å². The van der Waals surface area contributed by atoms with Crippen LogP contribution in [0.4, 0.5) is 5.69 Å². The molecular formula is C27H29N5O3. The van der Waals surface area contributed by atoms with Crippen molar-refractivity contribution in [3.63, 3.8) is 0 Å². The summed E-state index contributed by atoms with van der Waals surface area (Å²) in [6.07, 6.45) is 4.09. The molecule has 2 aliphatic heterocycles. The van der Waals surface area contributed by atoms with E-state index in [1.54, 1.807) is 4.68 Å². The summed E-state index contributed by atoms with van der Waals surface area (Å²) < 4.78 is 7.53. The minimum Gasteiger partial charge on any atom is -0.457 e. The number of fused-ring (bicyclic) bond motifs is 1. The van der Waals surface area contributed by atoms with Gasteiger partial charge in [-0.1, -0.05) is 24.8 Å². The fourth-order valence-corrected chi connectivity index (χ4v) is 5.16. The molecule has 0 saturated carbocycles. The number of hydrogen-bond donors (Lipinski definition) is 2. The first-order chi connectivity index (χ1) is 17.0. The average molecular weight is 472 g/mol. The molecule has 8 heteroatoms. The van der Waals surface area contributed by atoms with Gasteiger partial charge in [-0.3, -0.25) is 9.59 Å². The molecule has 0 radical (unpaired) electrons. The molecule has 2 aliphatic rings. The summed E-state index contributed by atoms with van der Waals surface area (Å²) in [6, 6.07) is 17.0. The molecule has 2 amide bonds. The van der Waals surface area contributed by atoms with Crippen LogP contribution in [0.2, 0.25) is 0 Å². The van der Waals surface area contributed by atoms with Gasteiger partial charge in [0.15, 0.2) is 5.69 Å². The molecule has 3 heterocycles. The number of anilines is 1. The zero-order chi connectivity index (χ0) is 24.4. The van der Waals surface area contributed by atoms with Gasteiger partial charge in [-0.2, -0.15) is 5.10 Å². The van der Waals surface area contributed by atoms with Crippen LogP contribution in [0.1, 0.15) is 41.4 Å². The van der Waals surface area contributed by atoms with E-state index in [2.05, 4.69) is 11.9 Å². The van der Waals surface area contributed by atoms with Crippen LogP contribution in [0.15, 0.2) is 67.3 Å². The van der Waals surface area contributed by atoms with Gasteiger partial charge < -0.3 is 20.7 Å². The molecule has 180 valence electrons. The largest absolute Gasteiger partial charge is 0.457 e. The van der Waals surface area contributed by atoms with Crippen LogP contribution < -0.4 is 15.8 Å². The number of hydrogen-bond acceptors (Lipinski definition) is 5. The van der Waals surface area contributed by atoms with Crippen LogP contribution in [0.3, 0.4) is 0 Å². The number of carbonyl (C=O) groups excluding carboxylic acids is 2. The fourth-order valence-electron chi connectivity index (χ4n) is 5.16. The van der Waals surface area contributed by atoms with Crippen LogP contribution >= 0.6 is 0 Å². The van der Waals surface area contributed by atoms with Gasteiger partial charge in [-0.05, 0) is 67.7 Å². The molecule has 1 saturated heterocycles. The first-order valence-electron chi connectivity index (χ1n) is 12.0. The quantitative estimate of drug-likeness (QED) is 0.527. The summed E-state index contributed by atoms with van der Waals surface area (Å²) in [7, 11) is 0. The lowest BCUT2D eigenvalue weighted by molar-refractivity contribution is -0.127. The molecule has 3 aromatic rings. The molecule has 0 unspecified atom stereocenters. The highest BCUT2D eigenvalue weighted by Crippen LogP contribution is 2.42. The van der Waals surface area contributed by atoms with E-state index in [0.29, 0.717) is 30.5 Å². The number of carbonyl (C=O) groups is 2. The Morgan fingerprint density at radius 3 is 2.37 bits per heavy atom. The van der Waals surface area contributed by atoms with E-state index in [0.717, 1.165) is 48.6 Å². The first-order valence-corrected chi connectivity index (χ1v) is 12.0. The number of ether oxygens (including phenoxy) is 1. The monoisotopic (exact) mass is 471 g/mol. The molecule has 0 aliphatic carbocycles. The Bertz CT molecular complexity index is 1230. The van der Waals surface area contributed by atoms with Crippen LogP contribution in [-0.4, -0.2) is 46.1 Å². The number of rotatable bonds is 6. The van der Waals surface area contributed by atoms with Crippen LogP contribution in [-0.2, 0) is 4.79 Å². The molecule has 3 N–H and O–H groups in total. The number of para-hydroxylation sites is 1. The van der Waals surface area contributed by atoms with Crippen LogP contribution in [0, 0.1) is 5.92 Å². The number of likely N-dealkylation sites (tertiary alicyclic amines) is 1. The second-order valence-electron chi connectivity index (χ2n) is 8.98. The van der Waals surface area contributed by atoms with E-state index in [-0.39, 0.29) is 11.8 Å². The minimum atomic E-state index is -0.525. The molecule has 5 rings (SSSR count). The summed E-state index contributed by atoms with van der Waals surface area (Å²) >= 11 is 0. The second kappa shape index (κ2) is 9.66. The Morgan fingerprint density at radius 1 is 1.03 bits per heavy atom. The molecule has 1 fully saturated rings. The maximum Gasteiger partial charge on any atom is 0.269 e. The molecule has 1 aromatic heterocycles. The van der Waals surface area contributed by atoms with Crippen molar-refractivity contribution in [2.24, 2.45) is 11.7 Å². The minimum absolute atomic E-state index is 0.0190. The van der Waals surface area contributed by atoms with Gasteiger partial charge >= 0.3 is 0 Å². The van der Waals surface area contributed by atoms with Crippen molar-refractivity contribution in [2.45, 2.75) is 25.2 Å². The molecule has 1 atom stereocenters. The van der Waals surface area contributed by atoms with E-state index in [9.17, 15) is 9.59 Å². The smallest absolute Gasteiger partial charge is 0.269 e. The van der Waals surface area contributed by atoms with Crippen molar-refractivity contribution in [1.29, 1.82) is 0 Å². The van der Waals surface area contributed by atoms with Gasteiger partial charge in [-0.15, -0.1) is 0 Å². The fraction of sp³-hybridized carbons (Fsp3) is 0.296. The predicted molar refractivity (Wildman–Crippen MR) is 134 cm³/mol. The zero-order valence-electron chi connectivity index (χ0n) is 19.5. The van der Waals surface area contributed by atoms with Crippen molar-refractivity contribution in [1.82, 2.24) is 14.7 Å². The number of nitrogens with two attached hydrogens (primary N) is 1. The highest BCUT2D eigenvalue weighted by molar-refractivity contribution is 5.98. The Labute approximate surface area is 204 Å². The highest BCUT2D eigenvalue weighted by Gasteiger charge is 2.36. The van der Waals surface area contributed by atoms with Crippen molar-refractivity contribution < 1.29 is 14.3 Å². The number of piperidine rings is 1. The molecule has 0 bridgehead atoms. The molecule has 35 heavy (non-hydrogen) atoms. The topological polar surface area (TPSA) is 102 Å². The van der Waals surface area contributed by atoms with E-state index in [1.807, 2.05) is 59.5 Å². The van der Waals surface area contributed by atoms with Gasteiger partial charge in [0.25, 0.3) is 5.91 Å². The first kappa shape index (κ1) is 22.7. The summed E-state index contributed by atoms with van der Waals surface area (Å²) in [5.74, 6) is 1.48. The lowest BCUT2D eigenvalue weighted by Gasteiger charge is -2.37. The van der Waals surface area contributed by atoms with Crippen molar-refractivity contribution in [3.8, 4) is 17.2 Å². The standard InChI is InChI=1S/C27H29N5O3/c1-2-23(33)31-16-13-18(14-17-31)22-12-15-29-25-24(22)30-32(26(25)27(28)34)19-8-10-21(11-9-19)35-20-6-4-3-5-7-20/h2-11,18,22,29H,1,12-17H2,(H2,28,34)/t22-/m1/s1. The Kier molecular flexibility index (Phi) is 6.27. The van der Waals surface area contributed by atoms with E-state index in [1.165, 1.54) is 6.08 Å². The number of nitrogens with zero attached hydrogens (tertiary/aromatic N) is 3. The lowest BCUT2D eigenvalue weighted by Crippen LogP contribution is -2.39. The number of aromatic nitrogens is 2. The summed E-state index contributed by atoms with van der Waals surface area (Å²) in [5.41, 5.74) is 8.53. The highest BCUT2D eigenvalue weighted by atomic mass is 16.5. The Morgan fingerprint density at radius 2 is 1.71 bits per heavy atom. The van der Waals surface area contributed by atoms with E-state index < -0.39 is 5.91 Å². The van der Waals surface area contributed by atoms with Gasteiger partial charge in [0.05, 0.1) is 17.1 Å². The van der Waals surface area contributed by atoms with Gasteiger partial charge in [0.1, 0.15) is 11.5 Å². The number of nitrogens with one attached hydrogen (secondary N) is 1. The third kappa shape index (κ3) is 4.51. The summed E-state index contributed by atoms with van der Waals surface area (Å²) in [4.78, 5) is 26.3. The van der Waals surface area contributed by atoms with Crippen molar-refractivity contribution in [2.75, 3.05) is 25.0 Å². The summed E-state index contributed by atoms with van der Waals surface area (Å²) in [5, 5.41) is 8.26. The third-order valence-corrected chi connectivity index (χ3v) is 6.91. The number of amides is 2. The van der Waals surface area contributed by atoms with Crippen molar-refractivity contribution >= 4 is 17.5 Å². The predicted octanol–water partition coefficient (Wildman–Crippen LogP) is 4.09. The molecule has 2 aromatic carbocycles. The zero-order valence-corrected chi connectivity index (χ0v) is 19.5. The van der Waals surface area contributed by atoms with Crippen LogP contribution in [0.5, 0.6) is 11.5 Å². The SMILES string of the molecule is C=CC(=O)N1CCC([C@H]2CCNc3c2nn(-c2ccc(Oc4ccccc4)cc2)c3C(N)=O)CC1. The van der Waals surface area contributed by atoms with Gasteiger partial charge in [0, 0.05) is 25.6 Å². The molecule has 8 nitrogen and oxygen atoms in total. The third-order valence-electron chi connectivity index (χ3n) is 6.91. The maximum absolute atomic E-state index is 12.5. The summed E-state index contributed by atoms with van der Waals surface area (Å²) in [6.45, 7) is 5.76. The average Bonchev–Trinajstić information content (AvgIpc) is 3.29. The Hall–Kier alpha value is -4.07. The van der Waals surface area contributed by atoms with E-state index >= 15 is 0 Å². The van der Waals surface area contributed by atoms with Gasteiger partial charge in [0.2, 0.25) is 5.91 Å². The number of benzene rings is 2. The normalized spacial score (nSPS) is 17.8. The van der Waals surface area contributed by atoms with Gasteiger partial charge in [-0.25, -0.2) is 4.68 Å². The van der Waals surface area contributed by atoms with Crippen molar-refractivity contribution in [3.05, 3.63) is 78.6 Å².